The second kappa shape index (κ2) is 5.52. The lowest BCUT2D eigenvalue weighted by molar-refractivity contribution is 1.24. The Morgan fingerprint density at radius 3 is 2.60 bits per heavy atom. The Morgan fingerprint density at radius 1 is 1.27 bits per heavy atom. The van der Waals surface area contributed by atoms with Crippen LogP contribution in [-0.4, -0.2) is 14.0 Å². The topological polar surface area (TPSA) is 0 Å². The Hall–Kier alpha value is -0.533. The maximum Gasteiger partial charge on any atom is 0.0776 e. The van der Waals surface area contributed by atoms with Crippen LogP contribution in [0.25, 0.3) is 6.08 Å². The molecule has 1 aromatic rings. The van der Waals surface area contributed by atoms with Gasteiger partial charge in [0.2, 0.25) is 0 Å². The van der Waals surface area contributed by atoms with Gasteiger partial charge in [0.15, 0.2) is 0 Å². The summed E-state index contributed by atoms with van der Waals surface area (Å²) in [5.74, 6) is 0.699. The quantitative estimate of drug-likeness (QED) is 0.552. The van der Waals surface area contributed by atoms with Gasteiger partial charge in [-0.15, -0.1) is 11.6 Å². The summed E-state index contributed by atoms with van der Waals surface area (Å²) in [5.41, 5.74) is 1.29. The molecule has 1 rings (SSSR count). The molecule has 82 valence electrons. The fourth-order valence-corrected chi connectivity index (χ4v) is 2.71. The van der Waals surface area contributed by atoms with Crippen LogP contribution in [0.1, 0.15) is 12.0 Å². The van der Waals surface area contributed by atoms with Gasteiger partial charge in [-0.25, -0.2) is 0 Å². The van der Waals surface area contributed by atoms with Gasteiger partial charge < -0.3 is 0 Å². The van der Waals surface area contributed by atoms with E-state index in [9.17, 15) is 0 Å². The van der Waals surface area contributed by atoms with E-state index < -0.39 is 8.07 Å². The van der Waals surface area contributed by atoms with E-state index >= 15 is 0 Å². The van der Waals surface area contributed by atoms with Crippen LogP contribution in [0.5, 0.6) is 0 Å². The van der Waals surface area contributed by atoms with E-state index in [2.05, 4.69) is 56.1 Å². The molecule has 2 heteroatoms. The Labute approximate surface area is 99.0 Å². The molecule has 0 fully saturated rings. The largest absolute Gasteiger partial charge is 0.126 e. The van der Waals surface area contributed by atoms with Gasteiger partial charge in [-0.1, -0.05) is 61.2 Å². The van der Waals surface area contributed by atoms with Gasteiger partial charge in [0, 0.05) is 5.88 Å². The molecule has 0 aliphatic carbocycles. The van der Waals surface area contributed by atoms with Crippen LogP contribution >= 0.6 is 11.6 Å². The summed E-state index contributed by atoms with van der Waals surface area (Å²) >= 11 is 5.63. The first-order valence-corrected chi connectivity index (χ1v) is 9.40. The van der Waals surface area contributed by atoms with Crippen LogP contribution in [0.15, 0.2) is 30.3 Å². The fraction of sp³-hybridized carbons (Fsp3) is 0.385. The van der Waals surface area contributed by atoms with Crippen molar-refractivity contribution in [2.75, 3.05) is 5.88 Å². The van der Waals surface area contributed by atoms with Crippen LogP contribution in [0.2, 0.25) is 19.6 Å². The molecule has 0 heterocycles. The van der Waals surface area contributed by atoms with Crippen molar-refractivity contribution in [3.8, 4) is 0 Å². The fourth-order valence-electron chi connectivity index (χ4n) is 1.39. The molecule has 0 radical (unpaired) electrons. The van der Waals surface area contributed by atoms with E-state index in [0.29, 0.717) is 5.88 Å². The lowest BCUT2D eigenvalue weighted by Gasteiger charge is -2.16. The van der Waals surface area contributed by atoms with Crippen molar-refractivity contribution in [1.29, 1.82) is 0 Å². The minimum atomic E-state index is -1.17. The zero-order chi connectivity index (χ0) is 11.3. The molecule has 0 saturated carbocycles. The van der Waals surface area contributed by atoms with E-state index in [4.69, 9.17) is 11.6 Å². The molecule has 1 aromatic carbocycles. The van der Waals surface area contributed by atoms with E-state index in [1.807, 2.05) is 0 Å². The Morgan fingerprint density at radius 2 is 2.00 bits per heavy atom. The first-order chi connectivity index (χ1) is 7.04. The molecule has 0 amide bonds. The highest BCUT2D eigenvalue weighted by molar-refractivity contribution is 6.88. The van der Waals surface area contributed by atoms with Gasteiger partial charge in [-0.3, -0.25) is 0 Å². The van der Waals surface area contributed by atoms with Gasteiger partial charge in [-0.05, 0) is 12.0 Å². The zero-order valence-electron chi connectivity index (χ0n) is 9.76. The summed E-state index contributed by atoms with van der Waals surface area (Å²) in [6.07, 6.45) is 5.24. The molecule has 15 heavy (non-hydrogen) atoms. The minimum absolute atomic E-state index is 0.699. The predicted octanol–water partition coefficient (Wildman–Crippen LogP) is 3.87. The van der Waals surface area contributed by atoms with Gasteiger partial charge in [0.25, 0.3) is 0 Å². The third-order valence-corrected chi connectivity index (χ3v) is 4.60. The number of hydrogen-bond donors (Lipinski definition) is 0. The van der Waals surface area contributed by atoms with E-state index in [1.165, 1.54) is 10.8 Å². The highest BCUT2D eigenvalue weighted by atomic mass is 35.5. The SMILES string of the molecule is C[Si](C)(C)c1cccc(C=CCCCl)c1. The average molecular weight is 239 g/mol. The van der Waals surface area contributed by atoms with Gasteiger partial charge in [0.1, 0.15) is 0 Å². The maximum absolute atomic E-state index is 5.63. The number of rotatable bonds is 4. The van der Waals surface area contributed by atoms with E-state index in [0.717, 1.165) is 6.42 Å². The van der Waals surface area contributed by atoms with Gasteiger partial charge in [-0.2, -0.15) is 0 Å². The van der Waals surface area contributed by atoms with Crippen LogP contribution in [0.4, 0.5) is 0 Å². The van der Waals surface area contributed by atoms with Crippen LogP contribution in [-0.2, 0) is 0 Å². The monoisotopic (exact) mass is 238 g/mol. The highest BCUT2D eigenvalue weighted by Crippen LogP contribution is 2.07. The third-order valence-electron chi connectivity index (χ3n) is 2.34. The summed E-state index contributed by atoms with van der Waals surface area (Å²) in [5, 5.41) is 1.51. The van der Waals surface area contributed by atoms with Crippen molar-refractivity contribution in [1.82, 2.24) is 0 Å². The maximum atomic E-state index is 5.63. The Balaban J connectivity index is 2.84. The van der Waals surface area contributed by atoms with Crippen molar-refractivity contribution in [3.63, 3.8) is 0 Å². The Kier molecular flexibility index (Phi) is 4.62. The number of halogens is 1. The molecule has 0 spiro atoms. The van der Waals surface area contributed by atoms with Gasteiger partial charge in [0.05, 0.1) is 8.07 Å². The first-order valence-electron chi connectivity index (χ1n) is 5.37. The first kappa shape index (κ1) is 12.5. The molecule has 0 atom stereocenters. The van der Waals surface area contributed by atoms with E-state index in [1.54, 1.807) is 0 Å². The van der Waals surface area contributed by atoms with Crippen molar-refractivity contribution < 1.29 is 0 Å². The average Bonchev–Trinajstić information content (AvgIpc) is 2.17. The molecule has 0 N–H and O–H groups in total. The van der Waals surface area contributed by atoms with Crippen molar-refractivity contribution >= 4 is 30.9 Å². The molecule has 0 aromatic heterocycles. The van der Waals surface area contributed by atoms with Crippen LogP contribution in [0, 0.1) is 0 Å². The number of alkyl halides is 1. The van der Waals surface area contributed by atoms with Crippen molar-refractivity contribution in [3.05, 3.63) is 35.9 Å². The van der Waals surface area contributed by atoms with Crippen LogP contribution < -0.4 is 5.19 Å². The number of hydrogen-bond acceptors (Lipinski definition) is 0. The molecule has 0 unspecified atom stereocenters. The van der Waals surface area contributed by atoms with Crippen molar-refractivity contribution in [2.45, 2.75) is 26.1 Å². The Bertz CT molecular complexity index is 337. The predicted molar refractivity (Wildman–Crippen MR) is 73.8 cm³/mol. The molecule has 0 aliphatic heterocycles. The third kappa shape index (κ3) is 4.23. The summed E-state index contributed by atoms with van der Waals surface area (Å²) in [4.78, 5) is 0. The summed E-state index contributed by atoms with van der Waals surface area (Å²) in [6.45, 7) is 7.11. The molecular weight excluding hydrogens is 220 g/mol. The molecule has 0 nitrogen and oxygen atoms in total. The van der Waals surface area contributed by atoms with E-state index in [-0.39, 0.29) is 0 Å². The summed E-state index contributed by atoms with van der Waals surface area (Å²) in [6, 6.07) is 8.84. The molecular formula is C13H19ClSi. The highest BCUT2D eigenvalue weighted by Gasteiger charge is 2.15. The minimum Gasteiger partial charge on any atom is -0.126 e. The van der Waals surface area contributed by atoms with Crippen molar-refractivity contribution in [2.24, 2.45) is 0 Å². The number of allylic oxidation sites excluding steroid dienone is 1. The number of benzene rings is 1. The lowest BCUT2D eigenvalue weighted by Crippen LogP contribution is -2.37. The summed E-state index contributed by atoms with van der Waals surface area (Å²) < 4.78 is 0. The summed E-state index contributed by atoms with van der Waals surface area (Å²) in [7, 11) is -1.17. The molecule has 0 aliphatic rings. The zero-order valence-corrected chi connectivity index (χ0v) is 11.5. The second-order valence-electron chi connectivity index (χ2n) is 4.76. The normalized spacial score (nSPS) is 12.3. The lowest BCUT2D eigenvalue weighted by atomic mass is 10.2. The van der Waals surface area contributed by atoms with Crippen LogP contribution in [0.3, 0.4) is 0 Å². The standard InChI is InChI=1S/C13H19ClSi/c1-15(2,3)13-9-6-8-12(11-13)7-4-5-10-14/h4,6-9,11H,5,10H2,1-3H3. The smallest absolute Gasteiger partial charge is 0.0776 e. The van der Waals surface area contributed by atoms with Gasteiger partial charge >= 0.3 is 0 Å². The molecule has 0 bridgehead atoms. The molecule has 0 saturated heterocycles. The second-order valence-corrected chi connectivity index (χ2v) is 10.2.